The molecule has 1 unspecified atom stereocenters. The van der Waals surface area contributed by atoms with Crippen LogP contribution in [0, 0.1) is 2.88 Å². The van der Waals surface area contributed by atoms with Gasteiger partial charge >= 0.3 is 0 Å². The summed E-state index contributed by atoms with van der Waals surface area (Å²) in [6, 6.07) is 7.24. The van der Waals surface area contributed by atoms with E-state index in [1.165, 1.54) is 0 Å². The van der Waals surface area contributed by atoms with Crippen molar-refractivity contribution in [3.05, 3.63) is 43.7 Å². The van der Waals surface area contributed by atoms with E-state index >= 15 is 0 Å². The number of ether oxygens (including phenoxy) is 2. The molecule has 0 bridgehead atoms. The molecule has 0 saturated heterocycles. The average Bonchev–Trinajstić information content (AvgIpc) is 2.93. The van der Waals surface area contributed by atoms with Gasteiger partial charge in [0.2, 0.25) is 0 Å². The molecule has 6 heteroatoms. The molecular weight excluding hydrogens is 401 g/mol. The lowest BCUT2D eigenvalue weighted by Crippen LogP contribution is -2.26. The minimum atomic E-state index is -0.180. The average molecular weight is 417 g/mol. The lowest BCUT2D eigenvalue weighted by atomic mass is 10.1. The molecule has 0 fully saturated rings. The fourth-order valence-electron chi connectivity index (χ4n) is 1.96. The van der Waals surface area contributed by atoms with Gasteiger partial charge in [0.05, 0.1) is 28.7 Å². The number of hydrogen-bond donors (Lipinski definition) is 1. The van der Waals surface area contributed by atoms with Crippen LogP contribution >= 0.6 is 33.9 Å². The van der Waals surface area contributed by atoms with E-state index in [1.807, 2.05) is 36.6 Å². The number of halogens is 1. The third-order valence-electron chi connectivity index (χ3n) is 3.08. The molecule has 4 nitrogen and oxygen atoms in total. The van der Waals surface area contributed by atoms with E-state index in [0.717, 1.165) is 19.9 Å². The number of carbonyl (C=O) groups is 1. The SMILES string of the molecule is COc1ccc(OC)c(C(C)NC(=O)c2csc(I)c2)c1. The van der Waals surface area contributed by atoms with Crippen molar-refractivity contribution in [1.82, 2.24) is 5.32 Å². The van der Waals surface area contributed by atoms with Gasteiger partial charge in [-0.1, -0.05) is 0 Å². The number of nitrogens with one attached hydrogen (secondary N) is 1. The Morgan fingerprint density at radius 3 is 2.62 bits per heavy atom. The first-order valence-corrected chi connectivity index (χ1v) is 8.27. The largest absolute Gasteiger partial charge is 0.497 e. The maximum absolute atomic E-state index is 12.2. The van der Waals surface area contributed by atoms with E-state index in [1.54, 1.807) is 25.6 Å². The highest BCUT2D eigenvalue weighted by molar-refractivity contribution is 14.1. The molecular formula is C15H16INO3S. The highest BCUT2D eigenvalue weighted by Gasteiger charge is 2.16. The molecule has 1 atom stereocenters. The van der Waals surface area contributed by atoms with Gasteiger partial charge in [0.25, 0.3) is 5.91 Å². The van der Waals surface area contributed by atoms with Crippen LogP contribution < -0.4 is 14.8 Å². The topological polar surface area (TPSA) is 47.6 Å². The van der Waals surface area contributed by atoms with Crippen molar-refractivity contribution in [3.63, 3.8) is 0 Å². The summed E-state index contributed by atoms with van der Waals surface area (Å²) in [5.41, 5.74) is 1.56. The summed E-state index contributed by atoms with van der Waals surface area (Å²) >= 11 is 3.75. The van der Waals surface area contributed by atoms with Crippen LogP contribution in [0.15, 0.2) is 29.6 Å². The molecule has 1 amide bonds. The lowest BCUT2D eigenvalue weighted by molar-refractivity contribution is 0.0940. The molecule has 1 N–H and O–H groups in total. The predicted octanol–water partition coefficient (Wildman–Crippen LogP) is 3.86. The Morgan fingerprint density at radius 2 is 2.05 bits per heavy atom. The number of benzene rings is 1. The normalized spacial score (nSPS) is 11.8. The van der Waals surface area contributed by atoms with Crippen molar-refractivity contribution in [2.45, 2.75) is 13.0 Å². The van der Waals surface area contributed by atoms with Crippen LogP contribution in [0.3, 0.4) is 0 Å². The molecule has 1 aromatic carbocycles. The second-order valence-corrected chi connectivity index (χ2v) is 7.25. The van der Waals surface area contributed by atoms with Gasteiger partial charge in [-0.2, -0.15) is 0 Å². The molecule has 0 aliphatic rings. The van der Waals surface area contributed by atoms with Gasteiger partial charge in [-0.05, 0) is 53.8 Å². The van der Waals surface area contributed by atoms with Crippen LogP contribution in [-0.4, -0.2) is 20.1 Å². The first kappa shape index (κ1) is 16.1. The molecule has 1 heterocycles. The zero-order chi connectivity index (χ0) is 15.4. The number of carbonyl (C=O) groups excluding carboxylic acids is 1. The quantitative estimate of drug-likeness (QED) is 0.752. The fraction of sp³-hybridized carbons (Fsp3) is 0.267. The zero-order valence-corrected chi connectivity index (χ0v) is 14.9. The fourth-order valence-corrected chi connectivity index (χ4v) is 3.29. The Bertz CT molecular complexity index is 642. The van der Waals surface area contributed by atoms with Crippen LogP contribution in [0.4, 0.5) is 0 Å². The highest BCUT2D eigenvalue weighted by Crippen LogP contribution is 2.29. The monoisotopic (exact) mass is 417 g/mol. The number of rotatable bonds is 5. The van der Waals surface area contributed by atoms with Crippen LogP contribution in [0.2, 0.25) is 0 Å². The molecule has 0 spiro atoms. The number of methoxy groups -OCH3 is 2. The molecule has 112 valence electrons. The van der Waals surface area contributed by atoms with Gasteiger partial charge in [-0.25, -0.2) is 0 Å². The van der Waals surface area contributed by atoms with Gasteiger partial charge in [-0.3, -0.25) is 4.79 Å². The van der Waals surface area contributed by atoms with Crippen LogP contribution in [-0.2, 0) is 0 Å². The first-order valence-electron chi connectivity index (χ1n) is 6.32. The van der Waals surface area contributed by atoms with Crippen molar-refractivity contribution < 1.29 is 14.3 Å². The van der Waals surface area contributed by atoms with Gasteiger partial charge in [-0.15, -0.1) is 11.3 Å². The van der Waals surface area contributed by atoms with Gasteiger partial charge in [0.15, 0.2) is 0 Å². The Hall–Kier alpha value is -1.28. The molecule has 0 aliphatic carbocycles. The van der Waals surface area contributed by atoms with E-state index in [2.05, 4.69) is 27.9 Å². The molecule has 2 rings (SSSR count). The van der Waals surface area contributed by atoms with Crippen LogP contribution in [0.1, 0.15) is 28.9 Å². The summed E-state index contributed by atoms with van der Waals surface area (Å²) < 4.78 is 11.7. The second-order valence-electron chi connectivity index (χ2n) is 4.44. The molecule has 0 radical (unpaired) electrons. The summed E-state index contributed by atoms with van der Waals surface area (Å²) in [6.07, 6.45) is 0. The van der Waals surface area contributed by atoms with Crippen molar-refractivity contribution in [2.24, 2.45) is 0 Å². The zero-order valence-electron chi connectivity index (χ0n) is 12.0. The van der Waals surface area contributed by atoms with Crippen molar-refractivity contribution in [2.75, 3.05) is 14.2 Å². The summed E-state index contributed by atoms with van der Waals surface area (Å²) in [6.45, 7) is 1.92. The van der Waals surface area contributed by atoms with E-state index in [4.69, 9.17) is 9.47 Å². The standard InChI is InChI=1S/C15H16INO3S/c1-9(17-15(18)10-6-14(16)21-8-10)12-7-11(19-2)4-5-13(12)20-3/h4-9H,1-3H3,(H,17,18). The maximum atomic E-state index is 12.2. The van der Waals surface area contributed by atoms with E-state index in [0.29, 0.717) is 5.56 Å². The third kappa shape index (κ3) is 3.88. The van der Waals surface area contributed by atoms with E-state index in [9.17, 15) is 4.79 Å². The van der Waals surface area contributed by atoms with Crippen molar-refractivity contribution >= 4 is 39.8 Å². The van der Waals surface area contributed by atoms with Gasteiger partial charge in [0, 0.05) is 10.9 Å². The smallest absolute Gasteiger partial charge is 0.252 e. The summed E-state index contributed by atoms with van der Waals surface area (Å²) in [5.74, 6) is 1.37. The van der Waals surface area contributed by atoms with Crippen LogP contribution in [0.5, 0.6) is 11.5 Å². The van der Waals surface area contributed by atoms with Gasteiger partial charge in [0.1, 0.15) is 11.5 Å². The summed E-state index contributed by atoms with van der Waals surface area (Å²) in [5, 5.41) is 4.83. The lowest BCUT2D eigenvalue weighted by Gasteiger charge is -2.18. The maximum Gasteiger partial charge on any atom is 0.252 e. The Kier molecular flexibility index (Phi) is 5.46. The van der Waals surface area contributed by atoms with Crippen molar-refractivity contribution in [3.8, 4) is 11.5 Å². The summed E-state index contributed by atoms with van der Waals surface area (Å²) in [7, 11) is 3.23. The summed E-state index contributed by atoms with van der Waals surface area (Å²) in [4.78, 5) is 12.2. The van der Waals surface area contributed by atoms with Crippen LogP contribution in [0.25, 0.3) is 0 Å². The third-order valence-corrected chi connectivity index (χ3v) is 4.87. The molecule has 0 aliphatic heterocycles. The minimum absolute atomic E-state index is 0.0912. The van der Waals surface area contributed by atoms with E-state index < -0.39 is 0 Å². The first-order chi connectivity index (χ1) is 10.0. The molecule has 21 heavy (non-hydrogen) atoms. The highest BCUT2D eigenvalue weighted by atomic mass is 127. The molecule has 0 saturated carbocycles. The molecule has 2 aromatic rings. The number of thiophene rings is 1. The Balaban J connectivity index is 2.19. The number of amides is 1. The van der Waals surface area contributed by atoms with Crippen molar-refractivity contribution in [1.29, 1.82) is 0 Å². The second kappa shape index (κ2) is 7.13. The Morgan fingerprint density at radius 1 is 1.29 bits per heavy atom. The number of hydrogen-bond acceptors (Lipinski definition) is 4. The predicted molar refractivity (Wildman–Crippen MR) is 92.5 cm³/mol. The van der Waals surface area contributed by atoms with E-state index in [-0.39, 0.29) is 11.9 Å². The van der Waals surface area contributed by atoms with Gasteiger partial charge < -0.3 is 14.8 Å². The minimum Gasteiger partial charge on any atom is -0.497 e. The Labute approximate surface area is 141 Å². The molecule has 1 aromatic heterocycles.